The summed E-state index contributed by atoms with van der Waals surface area (Å²) < 4.78 is 0. The molecule has 1 amide bonds. The summed E-state index contributed by atoms with van der Waals surface area (Å²) in [5, 5.41) is 3.19. The number of nitrogens with zero attached hydrogens (tertiary/aromatic N) is 2. The highest BCUT2D eigenvalue weighted by Crippen LogP contribution is 2.16. The molecule has 0 bridgehead atoms. The molecule has 2 aliphatic heterocycles. The van der Waals surface area contributed by atoms with Crippen molar-refractivity contribution in [2.75, 3.05) is 33.2 Å². The Balaban J connectivity index is 1.99. The number of carbonyl (C=O) groups is 1. The standard InChI is InChI=1S/C10H19N3O/c1-8-10(14)13(6-4-11-8)9-3-5-12(2)7-9/h8-9,11H,3-7H2,1-2H3. The minimum absolute atomic E-state index is 0.00894. The lowest BCUT2D eigenvalue weighted by Crippen LogP contribution is -2.57. The second-order valence-corrected chi connectivity index (χ2v) is 4.41. The van der Waals surface area contributed by atoms with Gasteiger partial charge in [-0.15, -0.1) is 0 Å². The molecule has 4 heteroatoms. The van der Waals surface area contributed by atoms with Gasteiger partial charge < -0.3 is 15.1 Å². The molecule has 2 saturated heterocycles. The van der Waals surface area contributed by atoms with Crippen molar-refractivity contribution in [1.82, 2.24) is 15.1 Å². The summed E-state index contributed by atoms with van der Waals surface area (Å²) in [6.07, 6.45) is 1.13. The van der Waals surface area contributed by atoms with E-state index in [4.69, 9.17) is 0 Å². The Labute approximate surface area is 85.2 Å². The lowest BCUT2D eigenvalue weighted by atomic mass is 10.1. The third kappa shape index (κ3) is 1.77. The molecular formula is C10H19N3O. The number of rotatable bonds is 1. The summed E-state index contributed by atoms with van der Waals surface area (Å²) >= 11 is 0. The molecule has 0 aliphatic carbocycles. The normalized spacial score (nSPS) is 35.3. The molecule has 2 rings (SSSR count). The maximum Gasteiger partial charge on any atom is 0.239 e. The van der Waals surface area contributed by atoms with Crippen LogP contribution in [-0.4, -0.2) is 61.0 Å². The van der Waals surface area contributed by atoms with E-state index in [1.54, 1.807) is 0 Å². The van der Waals surface area contributed by atoms with Gasteiger partial charge in [-0.3, -0.25) is 4.79 Å². The first-order chi connectivity index (χ1) is 6.68. The highest BCUT2D eigenvalue weighted by atomic mass is 16.2. The Hall–Kier alpha value is -0.610. The van der Waals surface area contributed by atoms with Gasteiger partial charge in [0.1, 0.15) is 0 Å². The Kier molecular flexibility index (Phi) is 2.74. The van der Waals surface area contributed by atoms with Crippen LogP contribution < -0.4 is 5.32 Å². The van der Waals surface area contributed by atoms with E-state index in [0.29, 0.717) is 6.04 Å². The van der Waals surface area contributed by atoms with E-state index in [9.17, 15) is 4.79 Å². The monoisotopic (exact) mass is 197 g/mol. The van der Waals surface area contributed by atoms with Crippen LogP contribution in [0.4, 0.5) is 0 Å². The molecule has 2 unspecified atom stereocenters. The summed E-state index contributed by atoms with van der Waals surface area (Å²) in [7, 11) is 2.12. The van der Waals surface area contributed by atoms with Crippen LogP contribution in [0.2, 0.25) is 0 Å². The molecule has 0 aromatic rings. The summed E-state index contributed by atoms with van der Waals surface area (Å²) in [5.41, 5.74) is 0. The van der Waals surface area contributed by atoms with E-state index in [2.05, 4.69) is 22.2 Å². The molecule has 0 saturated carbocycles. The molecule has 0 radical (unpaired) electrons. The van der Waals surface area contributed by atoms with Gasteiger partial charge in [0, 0.05) is 25.7 Å². The molecule has 1 N–H and O–H groups in total. The Bertz CT molecular complexity index is 231. The summed E-state index contributed by atoms with van der Waals surface area (Å²) in [5.74, 6) is 0.275. The Morgan fingerprint density at radius 3 is 2.86 bits per heavy atom. The second kappa shape index (κ2) is 3.87. The van der Waals surface area contributed by atoms with Crippen LogP contribution in [0.15, 0.2) is 0 Å². The van der Waals surface area contributed by atoms with Gasteiger partial charge in [0.2, 0.25) is 5.91 Å². The summed E-state index contributed by atoms with van der Waals surface area (Å²) in [4.78, 5) is 16.2. The number of amides is 1. The van der Waals surface area contributed by atoms with Gasteiger partial charge in [0.05, 0.1) is 6.04 Å². The van der Waals surface area contributed by atoms with E-state index in [0.717, 1.165) is 32.6 Å². The van der Waals surface area contributed by atoms with Gasteiger partial charge in [0.25, 0.3) is 0 Å². The average molecular weight is 197 g/mol. The number of likely N-dealkylation sites (tertiary alicyclic amines) is 1. The molecule has 2 fully saturated rings. The van der Waals surface area contributed by atoms with Gasteiger partial charge in [-0.1, -0.05) is 0 Å². The first kappa shape index (κ1) is 9.93. The smallest absolute Gasteiger partial charge is 0.239 e. The first-order valence-corrected chi connectivity index (χ1v) is 5.41. The molecule has 0 aromatic carbocycles. The second-order valence-electron chi connectivity index (χ2n) is 4.41. The lowest BCUT2D eigenvalue weighted by Gasteiger charge is -2.35. The number of carbonyl (C=O) groups excluding carboxylic acids is 1. The van der Waals surface area contributed by atoms with Crippen molar-refractivity contribution >= 4 is 5.91 Å². The van der Waals surface area contributed by atoms with Crippen molar-refractivity contribution in [2.45, 2.75) is 25.4 Å². The molecule has 2 atom stereocenters. The third-order valence-electron chi connectivity index (χ3n) is 3.26. The lowest BCUT2D eigenvalue weighted by molar-refractivity contribution is -0.137. The van der Waals surface area contributed by atoms with E-state index in [1.165, 1.54) is 0 Å². The quantitative estimate of drug-likeness (QED) is 0.616. The van der Waals surface area contributed by atoms with Crippen LogP contribution in [-0.2, 0) is 4.79 Å². The zero-order chi connectivity index (χ0) is 10.1. The number of nitrogens with one attached hydrogen (secondary N) is 1. The van der Waals surface area contributed by atoms with E-state index in [-0.39, 0.29) is 11.9 Å². The molecule has 14 heavy (non-hydrogen) atoms. The molecule has 4 nitrogen and oxygen atoms in total. The maximum atomic E-state index is 11.9. The Morgan fingerprint density at radius 1 is 1.43 bits per heavy atom. The topological polar surface area (TPSA) is 35.6 Å². The van der Waals surface area contributed by atoms with Crippen LogP contribution in [0, 0.1) is 0 Å². The van der Waals surface area contributed by atoms with Gasteiger partial charge in [-0.25, -0.2) is 0 Å². The number of likely N-dealkylation sites (N-methyl/N-ethyl adjacent to an activating group) is 1. The molecule has 0 aromatic heterocycles. The van der Waals surface area contributed by atoms with Crippen molar-refractivity contribution < 1.29 is 4.79 Å². The van der Waals surface area contributed by atoms with E-state index < -0.39 is 0 Å². The number of piperazine rings is 1. The van der Waals surface area contributed by atoms with Crippen molar-refractivity contribution in [1.29, 1.82) is 0 Å². The zero-order valence-corrected chi connectivity index (χ0v) is 8.99. The molecule has 0 spiro atoms. The minimum Gasteiger partial charge on any atom is -0.336 e. The fourth-order valence-electron chi connectivity index (χ4n) is 2.38. The summed E-state index contributed by atoms with van der Waals surface area (Å²) in [6, 6.07) is 0.465. The molecule has 2 heterocycles. The van der Waals surface area contributed by atoms with Crippen LogP contribution in [0.3, 0.4) is 0 Å². The van der Waals surface area contributed by atoms with Gasteiger partial charge >= 0.3 is 0 Å². The zero-order valence-electron chi connectivity index (χ0n) is 8.99. The van der Waals surface area contributed by atoms with Crippen LogP contribution >= 0.6 is 0 Å². The minimum atomic E-state index is 0.00894. The fraction of sp³-hybridized carbons (Fsp3) is 0.900. The van der Waals surface area contributed by atoms with Crippen LogP contribution in [0.1, 0.15) is 13.3 Å². The van der Waals surface area contributed by atoms with Crippen molar-refractivity contribution in [2.24, 2.45) is 0 Å². The fourth-order valence-corrected chi connectivity index (χ4v) is 2.38. The highest BCUT2D eigenvalue weighted by molar-refractivity contribution is 5.82. The maximum absolute atomic E-state index is 11.9. The van der Waals surface area contributed by atoms with Crippen molar-refractivity contribution in [3.05, 3.63) is 0 Å². The van der Waals surface area contributed by atoms with Gasteiger partial charge in [0.15, 0.2) is 0 Å². The first-order valence-electron chi connectivity index (χ1n) is 5.41. The van der Waals surface area contributed by atoms with Gasteiger partial charge in [-0.2, -0.15) is 0 Å². The molecular weight excluding hydrogens is 178 g/mol. The number of hydrogen-bond donors (Lipinski definition) is 1. The SMILES string of the molecule is CC1NCCN(C2CCN(C)C2)C1=O. The summed E-state index contributed by atoms with van der Waals surface area (Å²) in [6.45, 7) is 5.93. The van der Waals surface area contributed by atoms with E-state index >= 15 is 0 Å². The van der Waals surface area contributed by atoms with Gasteiger partial charge in [-0.05, 0) is 26.9 Å². The molecule has 80 valence electrons. The number of hydrogen-bond acceptors (Lipinski definition) is 3. The Morgan fingerprint density at radius 2 is 2.21 bits per heavy atom. The predicted molar refractivity (Wildman–Crippen MR) is 55.1 cm³/mol. The molecule has 2 aliphatic rings. The largest absolute Gasteiger partial charge is 0.336 e. The van der Waals surface area contributed by atoms with E-state index in [1.807, 2.05) is 6.92 Å². The average Bonchev–Trinajstić information content (AvgIpc) is 2.57. The van der Waals surface area contributed by atoms with Crippen LogP contribution in [0.25, 0.3) is 0 Å². The third-order valence-corrected chi connectivity index (χ3v) is 3.26. The highest BCUT2D eigenvalue weighted by Gasteiger charge is 2.33. The van der Waals surface area contributed by atoms with Crippen molar-refractivity contribution in [3.63, 3.8) is 0 Å². The van der Waals surface area contributed by atoms with Crippen molar-refractivity contribution in [3.8, 4) is 0 Å². The van der Waals surface area contributed by atoms with Crippen LogP contribution in [0.5, 0.6) is 0 Å². The predicted octanol–water partition coefficient (Wildman–Crippen LogP) is -0.489.